The molecule has 22 heavy (non-hydrogen) atoms. The van der Waals surface area contributed by atoms with Crippen LogP contribution in [0.15, 0.2) is 30.5 Å². The molecule has 1 atom stereocenters. The minimum absolute atomic E-state index is 0.00466. The maximum absolute atomic E-state index is 12.3. The molecule has 5 nitrogen and oxygen atoms in total. The van der Waals surface area contributed by atoms with E-state index in [1.807, 2.05) is 24.3 Å². The second-order valence-corrected chi connectivity index (χ2v) is 6.64. The molecule has 114 valence electrons. The van der Waals surface area contributed by atoms with E-state index in [9.17, 15) is 9.59 Å². The monoisotopic (exact) mass is 316 g/mol. The zero-order valence-corrected chi connectivity index (χ0v) is 13.2. The predicted octanol–water partition coefficient (Wildman–Crippen LogP) is 2.63. The van der Waals surface area contributed by atoms with Gasteiger partial charge in [0.1, 0.15) is 5.75 Å². The van der Waals surface area contributed by atoms with Gasteiger partial charge >= 0.3 is 0 Å². The summed E-state index contributed by atoms with van der Waals surface area (Å²) < 4.78 is 5.32. The summed E-state index contributed by atoms with van der Waals surface area (Å²) >= 11 is 1.23. The van der Waals surface area contributed by atoms with Crippen molar-refractivity contribution in [2.75, 3.05) is 18.6 Å². The lowest BCUT2D eigenvalue weighted by atomic mass is 10.1. The average molecular weight is 316 g/mol. The van der Waals surface area contributed by atoms with E-state index in [0.717, 1.165) is 16.6 Å². The number of hydrogen-bond acceptors (Lipinski definition) is 5. The molecule has 1 saturated heterocycles. The van der Waals surface area contributed by atoms with Crippen LogP contribution >= 0.6 is 11.8 Å². The number of pyridine rings is 1. The number of benzene rings is 1. The summed E-state index contributed by atoms with van der Waals surface area (Å²) in [4.78, 5) is 29.7. The molecule has 1 fully saturated rings. The van der Waals surface area contributed by atoms with Crippen LogP contribution in [0.1, 0.15) is 13.3 Å². The van der Waals surface area contributed by atoms with Crippen molar-refractivity contribution in [3.63, 3.8) is 0 Å². The van der Waals surface area contributed by atoms with Gasteiger partial charge in [0.25, 0.3) is 0 Å². The molecule has 6 heteroatoms. The minimum Gasteiger partial charge on any atom is -0.497 e. The number of hydrogen-bond donors (Lipinski definition) is 0. The molecule has 0 saturated carbocycles. The molecule has 1 amide bonds. The van der Waals surface area contributed by atoms with Crippen molar-refractivity contribution in [2.45, 2.75) is 18.6 Å². The standard InChI is InChI=1S/C16H16N2O3S/c1-10(19)22-13-8-15(20)18(9-13)14-7-12(21-2)6-11-4-3-5-17-16(11)14/h3-7,13H,8-9H2,1-2H3. The molecule has 2 heterocycles. The van der Waals surface area contributed by atoms with Crippen molar-refractivity contribution in [1.29, 1.82) is 0 Å². The lowest BCUT2D eigenvalue weighted by Gasteiger charge is -2.19. The Bertz CT molecular complexity index is 747. The number of methoxy groups -OCH3 is 1. The Balaban J connectivity index is 2.02. The fourth-order valence-corrected chi connectivity index (χ4v) is 3.61. The van der Waals surface area contributed by atoms with Gasteiger partial charge in [0.2, 0.25) is 5.91 Å². The highest BCUT2D eigenvalue weighted by Gasteiger charge is 2.33. The number of aromatic nitrogens is 1. The van der Waals surface area contributed by atoms with Crippen LogP contribution in [0.25, 0.3) is 10.9 Å². The normalized spacial score (nSPS) is 18.0. The molecular weight excluding hydrogens is 300 g/mol. The highest BCUT2D eigenvalue weighted by Crippen LogP contribution is 2.35. The van der Waals surface area contributed by atoms with Crippen molar-refractivity contribution in [2.24, 2.45) is 0 Å². The Hall–Kier alpha value is -2.08. The summed E-state index contributed by atoms with van der Waals surface area (Å²) in [7, 11) is 1.60. The molecule has 2 aromatic rings. The molecule has 1 aliphatic heterocycles. The van der Waals surface area contributed by atoms with Gasteiger partial charge in [-0.1, -0.05) is 17.8 Å². The summed E-state index contributed by atoms with van der Waals surface area (Å²) in [5.41, 5.74) is 1.51. The van der Waals surface area contributed by atoms with E-state index < -0.39 is 0 Å². The second kappa shape index (κ2) is 5.96. The first-order valence-electron chi connectivity index (χ1n) is 6.99. The molecule has 0 spiro atoms. The van der Waals surface area contributed by atoms with E-state index in [1.54, 1.807) is 18.2 Å². The molecule has 0 radical (unpaired) electrons. The highest BCUT2D eigenvalue weighted by molar-refractivity contribution is 8.14. The van der Waals surface area contributed by atoms with E-state index in [4.69, 9.17) is 4.74 Å². The van der Waals surface area contributed by atoms with Crippen LogP contribution in [0.5, 0.6) is 5.75 Å². The average Bonchev–Trinajstić information content (AvgIpc) is 2.85. The van der Waals surface area contributed by atoms with Crippen LogP contribution in [-0.2, 0) is 9.59 Å². The van der Waals surface area contributed by atoms with Crippen LogP contribution < -0.4 is 9.64 Å². The number of anilines is 1. The Morgan fingerprint density at radius 3 is 3.00 bits per heavy atom. The predicted molar refractivity (Wildman–Crippen MR) is 87.3 cm³/mol. The van der Waals surface area contributed by atoms with Crippen LogP contribution in [0.2, 0.25) is 0 Å². The van der Waals surface area contributed by atoms with Gasteiger partial charge in [-0.3, -0.25) is 14.6 Å². The third-order valence-electron chi connectivity index (χ3n) is 3.61. The highest BCUT2D eigenvalue weighted by atomic mass is 32.2. The van der Waals surface area contributed by atoms with Gasteiger partial charge in [0.15, 0.2) is 5.12 Å². The number of carbonyl (C=O) groups is 2. The summed E-state index contributed by atoms with van der Waals surface area (Å²) in [6.45, 7) is 2.04. The Kier molecular flexibility index (Phi) is 4.02. The summed E-state index contributed by atoms with van der Waals surface area (Å²) in [6.07, 6.45) is 2.08. The molecule has 1 unspecified atom stereocenters. The van der Waals surface area contributed by atoms with E-state index in [0.29, 0.717) is 18.7 Å². The van der Waals surface area contributed by atoms with Crippen molar-refractivity contribution in [3.05, 3.63) is 30.5 Å². The number of amides is 1. The summed E-state index contributed by atoms with van der Waals surface area (Å²) in [6, 6.07) is 7.52. The van der Waals surface area contributed by atoms with Crippen molar-refractivity contribution in [1.82, 2.24) is 4.98 Å². The van der Waals surface area contributed by atoms with Gasteiger partial charge in [-0.05, 0) is 12.1 Å². The number of ether oxygens (including phenoxy) is 1. The lowest BCUT2D eigenvalue weighted by molar-refractivity contribution is -0.117. The SMILES string of the molecule is COc1cc(N2CC(SC(C)=O)CC2=O)c2ncccc2c1. The van der Waals surface area contributed by atoms with Crippen LogP contribution in [-0.4, -0.2) is 34.9 Å². The van der Waals surface area contributed by atoms with E-state index >= 15 is 0 Å². The maximum atomic E-state index is 12.3. The number of fused-ring (bicyclic) bond motifs is 1. The van der Waals surface area contributed by atoms with Crippen LogP contribution in [0.3, 0.4) is 0 Å². The van der Waals surface area contributed by atoms with Gasteiger partial charge in [0, 0.05) is 42.8 Å². The van der Waals surface area contributed by atoms with Crippen LogP contribution in [0.4, 0.5) is 5.69 Å². The molecule has 0 aliphatic carbocycles. The molecule has 1 aromatic carbocycles. The molecular formula is C16H16N2O3S. The molecule has 0 bridgehead atoms. The van der Waals surface area contributed by atoms with Gasteiger partial charge in [-0.15, -0.1) is 0 Å². The molecule has 0 N–H and O–H groups in total. The second-order valence-electron chi connectivity index (χ2n) is 5.16. The molecule has 3 rings (SSSR count). The van der Waals surface area contributed by atoms with E-state index in [1.165, 1.54) is 18.7 Å². The number of rotatable bonds is 3. The van der Waals surface area contributed by atoms with Crippen LogP contribution in [0, 0.1) is 0 Å². The van der Waals surface area contributed by atoms with Gasteiger partial charge < -0.3 is 9.64 Å². The summed E-state index contributed by atoms with van der Waals surface area (Å²) in [5.74, 6) is 0.699. The molecule has 1 aliphatic rings. The first kappa shape index (κ1) is 14.8. The Morgan fingerprint density at radius 1 is 1.45 bits per heavy atom. The Labute approximate surface area is 132 Å². The molecule has 1 aromatic heterocycles. The fourth-order valence-electron chi connectivity index (χ4n) is 2.69. The fraction of sp³-hybridized carbons (Fsp3) is 0.312. The first-order valence-corrected chi connectivity index (χ1v) is 7.87. The smallest absolute Gasteiger partial charge is 0.228 e. The first-order chi connectivity index (χ1) is 10.6. The topological polar surface area (TPSA) is 59.5 Å². The van der Waals surface area contributed by atoms with Gasteiger partial charge in [-0.2, -0.15) is 0 Å². The van der Waals surface area contributed by atoms with E-state index in [-0.39, 0.29) is 16.3 Å². The Morgan fingerprint density at radius 2 is 2.27 bits per heavy atom. The number of thioether (sulfide) groups is 1. The quantitative estimate of drug-likeness (QED) is 0.871. The van der Waals surface area contributed by atoms with Gasteiger partial charge in [0.05, 0.1) is 18.3 Å². The zero-order chi connectivity index (χ0) is 15.7. The zero-order valence-electron chi connectivity index (χ0n) is 12.4. The van der Waals surface area contributed by atoms with Gasteiger partial charge in [-0.25, -0.2) is 0 Å². The van der Waals surface area contributed by atoms with Crippen molar-refractivity contribution >= 4 is 39.4 Å². The minimum atomic E-state index is -0.00466. The van der Waals surface area contributed by atoms with Crippen molar-refractivity contribution in [3.8, 4) is 5.75 Å². The van der Waals surface area contributed by atoms with Crippen molar-refractivity contribution < 1.29 is 14.3 Å². The third kappa shape index (κ3) is 2.78. The maximum Gasteiger partial charge on any atom is 0.228 e. The lowest BCUT2D eigenvalue weighted by Crippen LogP contribution is -2.25. The third-order valence-corrected chi connectivity index (χ3v) is 4.59. The largest absolute Gasteiger partial charge is 0.497 e. The number of nitrogens with zero attached hydrogens (tertiary/aromatic N) is 2. The summed E-state index contributed by atoms with van der Waals surface area (Å²) in [5, 5.41) is 0.954. The van der Waals surface area contributed by atoms with E-state index in [2.05, 4.69) is 4.98 Å². The number of carbonyl (C=O) groups excluding carboxylic acids is 2.